The lowest BCUT2D eigenvalue weighted by atomic mass is 10.1. The Morgan fingerprint density at radius 1 is 1.52 bits per heavy atom. The number of nitrogen functional groups attached to an aromatic ring is 1. The molecule has 1 atom stereocenters. The van der Waals surface area contributed by atoms with Crippen molar-refractivity contribution in [2.45, 2.75) is 39.2 Å². The van der Waals surface area contributed by atoms with Gasteiger partial charge >= 0.3 is 0 Å². The summed E-state index contributed by atoms with van der Waals surface area (Å²) < 4.78 is 5.46. The van der Waals surface area contributed by atoms with Crippen LogP contribution in [0.15, 0.2) is 12.1 Å². The van der Waals surface area contributed by atoms with Crippen molar-refractivity contribution in [2.75, 3.05) is 25.2 Å². The largest absolute Gasteiger partial charge is 0.377 e. The Morgan fingerprint density at radius 2 is 2.33 bits per heavy atom. The first-order valence-electron chi connectivity index (χ1n) is 7.55. The number of aromatic nitrogens is 1. The standard InChI is InChI=1S/C15H24N4O2/c1-3-5-12-8-11(9-14(17-12)18-16)15(20)19-6-7-21-10-13(19)4-2/h8-9,13H,3-7,10,16H2,1-2H3,(H,17,18). The SMILES string of the molecule is CCCc1cc(C(=O)N2CCOCC2CC)cc(NN)n1. The van der Waals surface area contributed by atoms with Crippen LogP contribution >= 0.6 is 0 Å². The van der Waals surface area contributed by atoms with Crippen LogP contribution in [0.3, 0.4) is 0 Å². The van der Waals surface area contributed by atoms with Crippen LogP contribution in [0.5, 0.6) is 0 Å². The summed E-state index contributed by atoms with van der Waals surface area (Å²) in [6, 6.07) is 3.72. The predicted molar refractivity (Wildman–Crippen MR) is 82.0 cm³/mol. The Labute approximate surface area is 125 Å². The molecule has 1 fully saturated rings. The zero-order valence-corrected chi connectivity index (χ0v) is 12.8. The van der Waals surface area contributed by atoms with E-state index >= 15 is 0 Å². The third-order valence-electron chi connectivity index (χ3n) is 3.74. The molecule has 1 saturated heterocycles. The highest BCUT2D eigenvalue weighted by atomic mass is 16.5. The molecule has 1 aromatic heterocycles. The highest BCUT2D eigenvalue weighted by Gasteiger charge is 2.27. The topological polar surface area (TPSA) is 80.5 Å². The Bertz CT molecular complexity index is 493. The van der Waals surface area contributed by atoms with Crippen molar-refractivity contribution in [1.29, 1.82) is 0 Å². The molecule has 6 heteroatoms. The molecule has 0 aliphatic carbocycles. The number of nitrogens with two attached hydrogens (primary N) is 1. The number of ether oxygens (including phenoxy) is 1. The van der Waals surface area contributed by atoms with Crippen LogP contribution in [0, 0.1) is 0 Å². The molecule has 1 unspecified atom stereocenters. The number of nitrogens with one attached hydrogen (secondary N) is 1. The minimum absolute atomic E-state index is 0.0291. The number of amides is 1. The van der Waals surface area contributed by atoms with E-state index in [-0.39, 0.29) is 11.9 Å². The van der Waals surface area contributed by atoms with Gasteiger partial charge in [0.15, 0.2) is 0 Å². The molecule has 1 amide bonds. The highest BCUT2D eigenvalue weighted by molar-refractivity contribution is 5.95. The molecule has 3 N–H and O–H groups in total. The molecule has 6 nitrogen and oxygen atoms in total. The number of pyridine rings is 1. The van der Waals surface area contributed by atoms with Gasteiger partial charge in [-0.1, -0.05) is 20.3 Å². The van der Waals surface area contributed by atoms with Gasteiger partial charge in [0.2, 0.25) is 0 Å². The number of rotatable bonds is 5. The zero-order valence-electron chi connectivity index (χ0n) is 12.8. The van der Waals surface area contributed by atoms with Crippen LogP contribution in [-0.4, -0.2) is 41.6 Å². The lowest BCUT2D eigenvalue weighted by molar-refractivity contribution is -0.00280. The normalized spacial score (nSPS) is 18.6. The van der Waals surface area contributed by atoms with Crippen molar-refractivity contribution >= 4 is 11.7 Å². The first-order chi connectivity index (χ1) is 10.2. The van der Waals surface area contributed by atoms with Crippen LogP contribution in [0.1, 0.15) is 42.7 Å². The minimum Gasteiger partial charge on any atom is -0.377 e. The summed E-state index contributed by atoms with van der Waals surface area (Å²) in [6.07, 6.45) is 2.69. The lowest BCUT2D eigenvalue weighted by Gasteiger charge is -2.35. The third-order valence-corrected chi connectivity index (χ3v) is 3.74. The molecule has 1 aliphatic heterocycles. The maximum atomic E-state index is 12.8. The maximum absolute atomic E-state index is 12.8. The van der Waals surface area contributed by atoms with Gasteiger partial charge in [-0.15, -0.1) is 0 Å². The first-order valence-corrected chi connectivity index (χ1v) is 7.55. The molecule has 116 valence electrons. The van der Waals surface area contributed by atoms with E-state index in [1.807, 2.05) is 11.0 Å². The van der Waals surface area contributed by atoms with Crippen molar-refractivity contribution in [3.05, 3.63) is 23.4 Å². The van der Waals surface area contributed by atoms with Crippen LogP contribution in [0.4, 0.5) is 5.82 Å². The Balaban J connectivity index is 2.26. The predicted octanol–water partition coefficient (Wildman–Crippen LogP) is 1.57. The van der Waals surface area contributed by atoms with Crippen LogP contribution < -0.4 is 11.3 Å². The van der Waals surface area contributed by atoms with Crippen molar-refractivity contribution in [3.8, 4) is 0 Å². The molecule has 2 rings (SSSR count). The minimum atomic E-state index is 0.0291. The second-order valence-electron chi connectivity index (χ2n) is 5.26. The summed E-state index contributed by atoms with van der Waals surface area (Å²) >= 11 is 0. The summed E-state index contributed by atoms with van der Waals surface area (Å²) in [5.41, 5.74) is 4.07. The molecular formula is C15H24N4O2. The van der Waals surface area contributed by atoms with Crippen molar-refractivity contribution < 1.29 is 9.53 Å². The molecule has 2 heterocycles. The molecule has 21 heavy (non-hydrogen) atoms. The third kappa shape index (κ3) is 3.71. The fourth-order valence-corrected chi connectivity index (χ4v) is 2.60. The average Bonchev–Trinajstić information content (AvgIpc) is 2.54. The molecule has 0 aromatic carbocycles. The second-order valence-corrected chi connectivity index (χ2v) is 5.26. The smallest absolute Gasteiger partial charge is 0.254 e. The molecule has 1 aromatic rings. The summed E-state index contributed by atoms with van der Waals surface area (Å²) in [5, 5.41) is 0. The Morgan fingerprint density at radius 3 is 3.00 bits per heavy atom. The Hall–Kier alpha value is -1.66. The number of anilines is 1. The quantitative estimate of drug-likeness (QED) is 0.636. The number of morpholine rings is 1. The molecule has 0 spiro atoms. The van der Waals surface area contributed by atoms with Gasteiger partial charge in [0.25, 0.3) is 5.91 Å². The van der Waals surface area contributed by atoms with Gasteiger partial charge in [-0.05, 0) is 25.0 Å². The maximum Gasteiger partial charge on any atom is 0.254 e. The number of carbonyl (C=O) groups excluding carboxylic acids is 1. The number of aryl methyl sites for hydroxylation is 1. The fourth-order valence-electron chi connectivity index (χ4n) is 2.60. The number of hydrogen-bond acceptors (Lipinski definition) is 5. The van der Waals surface area contributed by atoms with E-state index in [9.17, 15) is 4.79 Å². The van der Waals surface area contributed by atoms with Gasteiger partial charge in [-0.25, -0.2) is 10.8 Å². The van der Waals surface area contributed by atoms with E-state index in [2.05, 4.69) is 24.3 Å². The van der Waals surface area contributed by atoms with Crippen molar-refractivity contribution in [2.24, 2.45) is 5.84 Å². The average molecular weight is 292 g/mol. The van der Waals surface area contributed by atoms with E-state index in [0.717, 1.165) is 25.0 Å². The summed E-state index contributed by atoms with van der Waals surface area (Å²) in [4.78, 5) is 19.0. The summed E-state index contributed by atoms with van der Waals surface area (Å²) in [5.74, 6) is 6.02. The second kappa shape index (κ2) is 7.38. The zero-order chi connectivity index (χ0) is 15.2. The number of carbonyl (C=O) groups is 1. The van der Waals surface area contributed by atoms with E-state index in [4.69, 9.17) is 10.6 Å². The van der Waals surface area contributed by atoms with E-state index in [1.54, 1.807) is 6.07 Å². The molecule has 0 bridgehead atoms. The van der Waals surface area contributed by atoms with E-state index < -0.39 is 0 Å². The van der Waals surface area contributed by atoms with Gasteiger partial charge < -0.3 is 15.1 Å². The molecular weight excluding hydrogens is 268 g/mol. The van der Waals surface area contributed by atoms with Gasteiger partial charge in [-0.2, -0.15) is 0 Å². The van der Waals surface area contributed by atoms with Gasteiger partial charge in [-0.3, -0.25) is 4.79 Å². The van der Waals surface area contributed by atoms with E-state index in [0.29, 0.717) is 31.1 Å². The van der Waals surface area contributed by atoms with E-state index in [1.165, 1.54) is 0 Å². The highest BCUT2D eigenvalue weighted by Crippen LogP contribution is 2.18. The van der Waals surface area contributed by atoms with Crippen molar-refractivity contribution in [1.82, 2.24) is 9.88 Å². The first kappa shape index (κ1) is 15.7. The van der Waals surface area contributed by atoms with Gasteiger partial charge in [0.05, 0.1) is 19.3 Å². The lowest BCUT2D eigenvalue weighted by Crippen LogP contribution is -2.48. The summed E-state index contributed by atoms with van der Waals surface area (Å²) in [6.45, 7) is 5.99. The Kier molecular flexibility index (Phi) is 5.52. The summed E-state index contributed by atoms with van der Waals surface area (Å²) in [7, 11) is 0. The molecule has 0 radical (unpaired) electrons. The molecule has 1 aliphatic rings. The van der Waals surface area contributed by atoms with Gasteiger partial charge in [0, 0.05) is 17.8 Å². The number of hydrazine groups is 1. The fraction of sp³-hybridized carbons (Fsp3) is 0.600. The monoisotopic (exact) mass is 292 g/mol. The van der Waals surface area contributed by atoms with Crippen LogP contribution in [0.2, 0.25) is 0 Å². The van der Waals surface area contributed by atoms with Crippen molar-refractivity contribution in [3.63, 3.8) is 0 Å². The van der Waals surface area contributed by atoms with Crippen LogP contribution in [0.25, 0.3) is 0 Å². The van der Waals surface area contributed by atoms with Gasteiger partial charge in [0.1, 0.15) is 5.82 Å². The number of nitrogens with zero attached hydrogens (tertiary/aromatic N) is 2. The number of hydrogen-bond donors (Lipinski definition) is 2. The molecule has 0 saturated carbocycles. The van der Waals surface area contributed by atoms with Crippen LogP contribution in [-0.2, 0) is 11.2 Å².